The number of hydrogen-bond acceptors (Lipinski definition) is 7. The van der Waals surface area contributed by atoms with Crippen LogP contribution in [-0.4, -0.2) is 37.0 Å². The van der Waals surface area contributed by atoms with Gasteiger partial charge in [-0.15, -0.1) is 5.10 Å². The summed E-state index contributed by atoms with van der Waals surface area (Å²) >= 11 is 2.12. The molecule has 0 amide bonds. The summed E-state index contributed by atoms with van der Waals surface area (Å²) < 4.78 is 22.8. The maximum atomic E-state index is 14.1. The van der Waals surface area contributed by atoms with Crippen molar-refractivity contribution >= 4 is 28.4 Å². The number of benzene rings is 1. The van der Waals surface area contributed by atoms with Crippen LogP contribution >= 0.6 is 22.6 Å². The normalized spacial score (nSPS) is 15.8. The fourth-order valence-electron chi connectivity index (χ4n) is 3.40. The summed E-state index contributed by atoms with van der Waals surface area (Å²) in [5.41, 5.74) is 7.75. The monoisotopic (exact) mass is 538 g/mol. The maximum absolute atomic E-state index is 14.1. The van der Waals surface area contributed by atoms with Gasteiger partial charge in [0.2, 0.25) is 0 Å². The number of ether oxygens (including phenoxy) is 1. The number of pyridine rings is 1. The van der Waals surface area contributed by atoms with Crippen LogP contribution in [0.15, 0.2) is 36.7 Å². The SMILES string of the molecule is C[C@@H](Oc1cc(I)cnc1N)c1cc(F)ccc1[C@H](O)N(C)Cc1cn(C2CC2)nn1. The van der Waals surface area contributed by atoms with E-state index < -0.39 is 18.1 Å². The molecule has 1 fully saturated rings. The molecule has 1 aliphatic carbocycles. The second-order valence-electron chi connectivity index (χ2n) is 7.78. The number of rotatable bonds is 8. The molecule has 0 radical (unpaired) electrons. The smallest absolute Gasteiger partial charge is 0.166 e. The van der Waals surface area contributed by atoms with Crippen molar-refractivity contribution in [3.05, 3.63) is 62.9 Å². The van der Waals surface area contributed by atoms with Crippen molar-refractivity contribution in [3.8, 4) is 5.75 Å². The molecule has 3 aromatic rings. The van der Waals surface area contributed by atoms with E-state index in [1.807, 2.05) is 10.9 Å². The average Bonchev–Trinajstić information content (AvgIpc) is 3.49. The van der Waals surface area contributed by atoms with Crippen LogP contribution in [0.25, 0.3) is 0 Å². The molecule has 0 unspecified atom stereocenters. The Morgan fingerprint density at radius 3 is 2.87 bits per heavy atom. The molecule has 2 aromatic heterocycles. The van der Waals surface area contributed by atoms with E-state index in [9.17, 15) is 9.50 Å². The van der Waals surface area contributed by atoms with Gasteiger partial charge in [-0.25, -0.2) is 14.1 Å². The molecule has 31 heavy (non-hydrogen) atoms. The minimum Gasteiger partial charge on any atom is -0.482 e. The van der Waals surface area contributed by atoms with E-state index in [4.69, 9.17) is 10.5 Å². The van der Waals surface area contributed by atoms with Gasteiger partial charge in [0.05, 0.1) is 17.9 Å². The lowest BCUT2D eigenvalue weighted by atomic mass is 10.0. The maximum Gasteiger partial charge on any atom is 0.166 e. The van der Waals surface area contributed by atoms with Gasteiger partial charge in [-0.2, -0.15) is 0 Å². The van der Waals surface area contributed by atoms with Crippen LogP contribution in [-0.2, 0) is 6.54 Å². The van der Waals surface area contributed by atoms with Crippen molar-refractivity contribution < 1.29 is 14.2 Å². The molecule has 1 saturated carbocycles. The third kappa shape index (κ3) is 5.13. The van der Waals surface area contributed by atoms with Crippen molar-refractivity contribution in [1.29, 1.82) is 0 Å². The molecular weight excluding hydrogens is 514 g/mol. The number of aliphatic hydroxyl groups is 1. The van der Waals surface area contributed by atoms with Crippen molar-refractivity contribution in [3.63, 3.8) is 0 Å². The Morgan fingerprint density at radius 2 is 2.13 bits per heavy atom. The first-order chi connectivity index (χ1) is 14.8. The van der Waals surface area contributed by atoms with Gasteiger partial charge in [-0.05, 0) is 67.6 Å². The summed E-state index contributed by atoms with van der Waals surface area (Å²) in [6.07, 6.45) is 4.24. The van der Waals surface area contributed by atoms with Gasteiger partial charge < -0.3 is 15.6 Å². The molecule has 0 bridgehead atoms. The number of hydrogen-bond donors (Lipinski definition) is 2. The first-order valence-corrected chi connectivity index (χ1v) is 11.1. The first kappa shape index (κ1) is 21.9. The molecule has 0 aliphatic heterocycles. The minimum absolute atomic E-state index is 0.252. The number of nitrogens with zero attached hydrogens (tertiary/aromatic N) is 5. The Kier molecular flexibility index (Phi) is 6.39. The number of halogens is 2. The van der Waals surface area contributed by atoms with Gasteiger partial charge in [0, 0.05) is 27.4 Å². The zero-order valence-corrected chi connectivity index (χ0v) is 19.4. The van der Waals surface area contributed by atoms with Gasteiger partial charge in [0.15, 0.2) is 11.6 Å². The predicted octanol–water partition coefficient (Wildman–Crippen LogP) is 3.60. The number of anilines is 1. The van der Waals surface area contributed by atoms with Crippen molar-refractivity contribution in [2.45, 2.75) is 44.7 Å². The topological polar surface area (TPSA) is 102 Å². The molecule has 2 atom stereocenters. The van der Waals surface area contributed by atoms with Crippen molar-refractivity contribution in [2.75, 3.05) is 12.8 Å². The number of nitrogens with two attached hydrogens (primary N) is 1. The first-order valence-electron chi connectivity index (χ1n) is 9.98. The highest BCUT2D eigenvalue weighted by molar-refractivity contribution is 14.1. The Balaban J connectivity index is 1.53. The molecule has 1 aromatic carbocycles. The van der Waals surface area contributed by atoms with E-state index in [1.54, 1.807) is 37.2 Å². The van der Waals surface area contributed by atoms with Gasteiger partial charge in [-0.1, -0.05) is 11.3 Å². The summed E-state index contributed by atoms with van der Waals surface area (Å²) in [7, 11) is 1.78. The summed E-state index contributed by atoms with van der Waals surface area (Å²) in [6.45, 7) is 2.18. The van der Waals surface area contributed by atoms with Crippen molar-refractivity contribution in [1.82, 2.24) is 24.9 Å². The molecule has 3 N–H and O–H groups in total. The van der Waals surface area contributed by atoms with Crippen LogP contribution in [0, 0.1) is 9.39 Å². The van der Waals surface area contributed by atoms with Crippen LogP contribution in [0.2, 0.25) is 0 Å². The molecule has 2 heterocycles. The fourth-order valence-corrected chi connectivity index (χ4v) is 3.82. The lowest BCUT2D eigenvalue weighted by Gasteiger charge is -2.27. The molecule has 0 spiro atoms. The van der Waals surface area contributed by atoms with E-state index >= 15 is 0 Å². The lowest BCUT2D eigenvalue weighted by Crippen LogP contribution is -2.26. The van der Waals surface area contributed by atoms with E-state index in [-0.39, 0.29) is 5.82 Å². The second kappa shape index (κ2) is 9.05. The van der Waals surface area contributed by atoms with Crippen LogP contribution in [0.5, 0.6) is 5.75 Å². The molecule has 8 nitrogen and oxygen atoms in total. The molecule has 0 saturated heterocycles. The van der Waals surface area contributed by atoms with Gasteiger partial charge >= 0.3 is 0 Å². The van der Waals surface area contributed by atoms with Crippen LogP contribution in [0.3, 0.4) is 0 Å². The molecule has 1 aliphatic rings. The van der Waals surface area contributed by atoms with Gasteiger partial charge in [0.25, 0.3) is 0 Å². The standard InChI is InChI=1S/C21H24FIN6O2/c1-12(31-19-8-14(23)9-25-20(19)24)18-7-13(22)3-6-17(18)21(30)28(2)10-15-11-29(27-26-15)16-4-5-16/h3,6-9,11-12,16,21,30H,4-5,10H2,1-2H3,(H2,24,25)/t12-,21+/m1/s1. The lowest BCUT2D eigenvalue weighted by molar-refractivity contribution is 0.0123. The number of aromatic nitrogens is 4. The highest BCUT2D eigenvalue weighted by atomic mass is 127. The summed E-state index contributed by atoms with van der Waals surface area (Å²) in [5.74, 6) is 0.251. The minimum atomic E-state index is -0.987. The fraction of sp³-hybridized carbons (Fsp3) is 0.381. The predicted molar refractivity (Wildman–Crippen MR) is 122 cm³/mol. The van der Waals surface area contributed by atoms with E-state index in [0.717, 1.165) is 22.1 Å². The summed E-state index contributed by atoms with van der Waals surface area (Å²) in [6, 6.07) is 6.49. The second-order valence-corrected chi connectivity index (χ2v) is 9.03. The molecule has 10 heteroatoms. The Hall–Kier alpha value is -2.31. The summed E-state index contributed by atoms with van der Waals surface area (Å²) in [5, 5.41) is 19.4. The van der Waals surface area contributed by atoms with Crippen LogP contribution < -0.4 is 10.5 Å². The third-order valence-corrected chi connectivity index (χ3v) is 5.81. The largest absolute Gasteiger partial charge is 0.482 e. The molecule has 4 rings (SSSR count). The average molecular weight is 538 g/mol. The van der Waals surface area contributed by atoms with E-state index in [1.165, 1.54) is 12.1 Å². The Labute approximate surface area is 193 Å². The van der Waals surface area contributed by atoms with E-state index in [0.29, 0.717) is 29.5 Å². The van der Waals surface area contributed by atoms with Crippen molar-refractivity contribution in [2.24, 2.45) is 0 Å². The Morgan fingerprint density at radius 1 is 1.35 bits per heavy atom. The number of nitrogen functional groups attached to an aromatic ring is 1. The Bertz CT molecular complexity index is 1070. The van der Waals surface area contributed by atoms with Gasteiger partial charge in [0.1, 0.15) is 18.1 Å². The number of aliphatic hydroxyl groups excluding tert-OH is 1. The zero-order valence-electron chi connectivity index (χ0n) is 17.2. The highest BCUT2D eigenvalue weighted by Crippen LogP contribution is 2.34. The van der Waals surface area contributed by atoms with E-state index in [2.05, 4.69) is 37.9 Å². The molecule has 164 valence electrons. The zero-order chi connectivity index (χ0) is 22.1. The highest BCUT2D eigenvalue weighted by Gasteiger charge is 2.26. The molecular formula is C21H24FIN6O2. The quantitative estimate of drug-likeness (QED) is 0.334. The van der Waals surface area contributed by atoms with Crippen LogP contribution in [0.4, 0.5) is 10.2 Å². The van der Waals surface area contributed by atoms with Gasteiger partial charge in [-0.3, -0.25) is 4.90 Å². The van der Waals surface area contributed by atoms with Crippen LogP contribution in [0.1, 0.15) is 55.0 Å². The summed E-state index contributed by atoms with van der Waals surface area (Å²) in [4.78, 5) is 5.82. The third-order valence-electron chi connectivity index (χ3n) is 5.22.